The fourth-order valence-corrected chi connectivity index (χ4v) is 4.20. The van der Waals surface area contributed by atoms with Crippen molar-refractivity contribution in [1.29, 1.82) is 0 Å². The molecule has 0 saturated carbocycles. The van der Waals surface area contributed by atoms with Crippen LogP contribution in [0.2, 0.25) is 0 Å². The van der Waals surface area contributed by atoms with Crippen LogP contribution in [0.1, 0.15) is 22.3 Å². The molecular formula is C26H29NO2. The Bertz CT molecular complexity index is 912. The highest BCUT2D eigenvalue weighted by molar-refractivity contribution is 5.32. The molecule has 0 aromatic heterocycles. The van der Waals surface area contributed by atoms with Gasteiger partial charge in [-0.2, -0.15) is 0 Å². The quantitative estimate of drug-likeness (QED) is 0.683. The molecule has 1 aliphatic heterocycles. The van der Waals surface area contributed by atoms with Crippen LogP contribution in [0, 0.1) is 6.92 Å². The lowest BCUT2D eigenvalue weighted by atomic mass is 9.81. The van der Waals surface area contributed by atoms with E-state index in [0.29, 0.717) is 19.6 Å². The summed E-state index contributed by atoms with van der Waals surface area (Å²) < 4.78 is 6.19. The van der Waals surface area contributed by atoms with Crippen LogP contribution in [-0.2, 0) is 23.3 Å². The van der Waals surface area contributed by atoms with Gasteiger partial charge < -0.3 is 9.84 Å². The highest BCUT2D eigenvalue weighted by Crippen LogP contribution is 2.34. The van der Waals surface area contributed by atoms with E-state index in [1.807, 2.05) is 48.5 Å². The number of hydrogen-bond donors (Lipinski definition) is 1. The van der Waals surface area contributed by atoms with E-state index in [-0.39, 0.29) is 6.10 Å². The molecule has 29 heavy (non-hydrogen) atoms. The van der Waals surface area contributed by atoms with Gasteiger partial charge in [0, 0.05) is 26.1 Å². The number of aryl methyl sites for hydroxylation is 1. The number of nitrogens with zero attached hydrogens (tertiary/aromatic N) is 1. The number of ether oxygens (including phenoxy) is 1. The van der Waals surface area contributed by atoms with Crippen molar-refractivity contribution in [2.24, 2.45) is 0 Å². The van der Waals surface area contributed by atoms with Gasteiger partial charge in [-0.25, -0.2) is 0 Å². The minimum Gasteiger partial charge on any atom is -0.382 e. The lowest BCUT2D eigenvalue weighted by Gasteiger charge is -2.42. The molecule has 0 radical (unpaired) electrons. The largest absolute Gasteiger partial charge is 0.382 e. The number of rotatable bonds is 6. The van der Waals surface area contributed by atoms with Gasteiger partial charge in [0.05, 0.1) is 6.61 Å². The second-order valence-corrected chi connectivity index (χ2v) is 7.97. The highest BCUT2D eigenvalue weighted by atomic mass is 16.5. The Kier molecular flexibility index (Phi) is 6.10. The van der Waals surface area contributed by atoms with Gasteiger partial charge in [0.15, 0.2) is 0 Å². The molecule has 0 unspecified atom stereocenters. The first-order valence-electron chi connectivity index (χ1n) is 10.4. The Hall–Kier alpha value is -2.46. The summed E-state index contributed by atoms with van der Waals surface area (Å²) in [5, 5.41) is 12.0. The molecule has 2 atom stereocenters. The van der Waals surface area contributed by atoms with Gasteiger partial charge in [0.1, 0.15) is 11.7 Å². The molecule has 0 bridgehead atoms. The number of morpholine rings is 1. The van der Waals surface area contributed by atoms with Crippen LogP contribution in [0.5, 0.6) is 0 Å². The summed E-state index contributed by atoms with van der Waals surface area (Å²) in [6, 6.07) is 28.8. The van der Waals surface area contributed by atoms with Gasteiger partial charge >= 0.3 is 0 Å². The number of hydrogen-bond acceptors (Lipinski definition) is 3. The molecule has 3 nitrogen and oxygen atoms in total. The average molecular weight is 388 g/mol. The van der Waals surface area contributed by atoms with Crippen molar-refractivity contribution < 1.29 is 9.84 Å². The molecule has 3 aromatic rings. The molecule has 4 rings (SSSR count). The first kappa shape index (κ1) is 19.8. The summed E-state index contributed by atoms with van der Waals surface area (Å²) in [5.74, 6) is 0. The maximum atomic E-state index is 12.0. The minimum atomic E-state index is -1.08. The normalized spacial score (nSPS) is 19.6. The molecule has 0 spiro atoms. The second kappa shape index (κ2) is 8.91. The monoisotopic (exact) mass is 387 g/mol. The van der Waals surface area contributed by atoms with E-state index in [0.717, 1.165) is 24.2 Å². The Morgan fingerprint density at radius 3 is 2.31 bits per heavy atom. The van der Waals surface area contributed by atoms with Crippen LogP contribution < -0.4 is 0 Å². The van der Waals surface area contributed by atoms with Gasteiger partial charge in [0.2, 0.25) is 0 Å². The summed E-state index contributed by atoms with van der Waals surface area (Å²) in [6.07, 6.45) is 0.245. The van der Waals surface area contributed by atoms with Gasteiger partial charge in [-0.1, -0.05) is 84.9 Å². The Morgan fingerprint density at radius 2 is 1.59 bits per heavy atom. The fraction of sp³-hybridized carbons (Fsp3) is 0.308. The first-order valence-corrected chi connectivity index (χ1v) is 10.4. The van der Waals surface area contributed by atoms with Gasteiger partial charge in [-0.05, 0) is 29.2 Å². The number of aliphatic hydroxyl groups is 1. The van der Waals surface area contributed by atoms with Crippen molar-refractivity contribution in [2.45, 2.75) is 31.6 Å². The summed E-state index contributed by atoms with van der Waals surface area (Å²) in [4.78, 5) is 2.38. The lowest BCUT2D eigenvalue weighted by molar-refractivity contribution is -0.149. The predicted octanol–water partition coefficient (Wildman–Crippen LogP) is 4.33. The third-order valence-corrected chi connectivity index (χ3v) is 5.93. The van der Waals surface area contributed by atoms with Crippen LogP contribution in [-0.4, -0.2) is 35.8 Å². The van der Waals surface area contributed by atoms with E-state index in [1.165, 1.54) is 11.1 Å². The zero-order valence-corrected chi connectivity index (χ0v) is 17.0. The summed E-state index contributed by atoms with van der Waals surface area (Å²) in [7, 11) is 0. The summed E-state index contributed by atoms with van der Waals surface area (Å²) >= 11 is 0. The molecule has 0 aliphatic carbocycles. The van der Waals surface area contributed by atoms with Crippen LogP contribution >= 0.6 is 0 Å². The van der Waals surface area contributed by atoms with Gasteiger partial charge in [-0.15, -0.1) is 0 Å². The first-order chi connectivity index (χ1) is 14.1. The molecule has 1 N–H and O–H groups in total. The van der Waals surface area contributed by atoms with Crippen LogP contribution in [0.15, 0.2) is 84.9 Å². The van der Waals surface area contributed by atoms with E-state index in [4.69, 9.17) is 4.74 Å². The van der Waals surface area contributed by atoms with E-state index in [2.05, 4.69) is 48.2 Å². The maximum absolute atomic E-state index is 12.0. The molecule has 3 aromatic carbocycles. The Balaban J connectivity index is 1.61. The van der Waals surface area contributed by atoms with Gasteiger partial charge in [-0.3, -0.25) is 4.90 Å². The minimum absolute atomic E-state index is 0.290. The summed E-state index contributed by atoms with van der Waals surface area (Å²) in [5.41, 5.74) is 3.47. The van der Waals surface area contributed by atoms with E-state index in [1.54, 1.807) is 0 Å². The maximum Gasteiger partial charge on any atom is 0.121 e. The SMILES string of the molecule is Cc1ccccc1C[C@@](O)(c1ccccc1)[C@H]1CN(Cc2ccccc2)CCO1. The molecule has 1 heterocycles. The van der Waals surface area contributed by atoms with Crippen molar-refractivity contribution in [3.63, 3.8) is 0 Å². The topological polar surface area (TPSA) is 32.7 Å². The Morgan fingerprint density at radius 1 is 0.931 bits per heavy atom. The van der Waals surface area contributed by atoms with Crippen molar-refractivity contribution in [2.75, 3.05) is 19.7 Å². The van der Waals surface area contributed by atoms with E-state index < -0.39 is 5.60 Å². The smallest absolute Gasteiger partial charge is 0.121 e. The Labute approximate surface area is 173 Å². The van der Waals surface area contributed by atoms with Crippen LogP contribution in [0.4, 0.5) is 0 Å². The molecule has 1 aliphatic rings. The second-order valence-electron chi connectivity index (χ2n) is 7.97. The van der Waals surface area contributed by atoms with E-state index in [9.17, 15) is 5.11 Å². The van der Waals surface area contributed by atoms with Gasteiger partial charge in [0.25, 0.3) is 0 Å². The van der Waals surface area contributed by atoms with Crippen molar-refractivity contribution in [1.82, 2.24) is 4.90 Å². The molecule has 0 amide bonds. The van der Waals surface area contributed by atoms with Crippen molar-refractivity contribution in [3.8, 4) is 0 Å². The van der Waals surface area contributed by atoms with Crippen LogP contribution in [0.25, 0.3) is 0 Å². The fourth-order valence-electron chi connectivity index (χ4n) is 4.20. The highest BCUT2D eigenvalue weighted by Gasteiger charge is 2.42. The molecule has 1 fully saturated rings. The molecular weight excluding hydrogens is 358 g/mol. The zero-order valence-electron chi connectivity index (χ0n) is 17.0. The third kappa shape index (κ3) is 4.59. The third-order valence-electron chi connectivity index (χ3n) is 5.93. The number of benzene rings is 3. The van der Waals surface area contributed by atoms with Crippen molar-refractivity contribution >= 4 is 0 Å². The predicted molar refractivity (Wildman–Crippen MR) is 117 cm³/mol. The summed E-state index contributed by atoms with van der Waals surface area (Å²) in [6.45, 7) is 5.17. The molecule has 150 valence electrons. The molecule has 1 saturated heterocycles. The lowest BCUT2D eigenvalue weighted by Crippen LogP contribution is -2.53. The van der Waals surface area contributed by atoms with E-state index >= 15 is 0 Å². The molecule has 3 heteroatoms. The average Bonchev–Trinajstić information content (AvgIpc) is 2.77. The van der Waals surface area contributed by atoms with Crippen LogP contribution in [0.3, 0.4) is 0 Å². The van der Waals surface area contributed by atoms with Crippen molar-refractivity contribution in [3.05, 3.63) is 107 Å². The standard InChI is InChI=1S/C26H29NO2/c1-21-10-8-9-13-23(21)18-26(28,24-14-6-3-7-15-24)25-20-27(16-17-29-25)19-22-11-4-2-5-12-22/h2-15,25,28H,16-20H2,1H3/t25-,26-/m1/s1. The zero-order chi connectivity index (χ0) is 20.1.